The number of aromatic nitrogens is 2. The third kappa shape index (κ3) is 4.25. The van der Waals surface area contributed by atoms with Gasteiger partial charge in [0.25, 0.3) is 0 Å². The SMILES string of the molecule is Cc1ccc2c(c1)c1c(n2CC(O)(CCc2cccnc2)CC(=O)O)CCN(C)C1. The molecule has 1 aromatic carbocycles. The maximum atomic E-state index is 11.6. The molecule has 0 fully saturated rings. The van der Waals surface area contributed by atoms with Crippen LogP contribution in [0, 0.1) is 6.92 Å². The molecule has 1 atom stereocenters. The number of carboxylic acids is 1. The number of hydrogen-bond acceptors (Lipinski definition) is 4. The molecule has 0 saturated heterocycles. The van der Waals surface area contributed by atoms with Crippen LogP contribution in [0.1, 0.15) is 35.2 Å². The molecule has 30 heavy (non-hydrogen) atoms. The number of rotatable bonds is 7. The number of aryl methyl sites for hydroxylation is 2. The molecule has 6 heteroatoms. The third-order valence-corrected chi connectivity index (χ3v) is 6.14. The van der Waals surface area contributed by atoms with Gasteiger partial charge in [-0.3, -0.25) is 9.78 Å². The topological polar surface area (TPSA) is 78.6 Å². The zero-order chi connectivity index (χ0) is 21.3. The summed E-state index contributed by atoms with van der Waals surface area (Å²) in [5, 5.41) is 22.2. The minimum atomic E-state index is -1.34. The maximum Gasteiger partial charge on any atom is 0.306 e. The Morgan fingerprint density at radius 3 is 2.87 bits per heavy atom. The van der Waals surface area contributed by atoms with E-state index in [1.54, 1.807) is 12.4 Å². The lowest BCUT2D eigenvalue weighted by Gasteiger charge is -2.30. The van der Waals surface area contributed by atoms with Crippen molar-refractivity contribution in [1.82, 2.24) is 14.5 Å². The van der Waals surface area contributed by atoms with Crippen molar-refractivity contribution in [1.29, 1.82) is 0 Å². The standard InChI is InChI=1S/C24H29N3O3/c1-17-5-6-21-19(12-17)20-15-26(2)11-8-22(20)27(21)16-24(30,13-23(28)29)9-7-18-4-3-10-25-14-18/h3-6,10,12,14,30H,7-9,11,13,15-16H2,1-2H3,(H,28,29). The first-order valence-corrected chi connectivity index (χ1v) is 10.5. The average Bonchev–Trinajstić information content (AvgIpc) is 2.99. The van der Waals surface area contributed by atoms with Crippen molar-refractivity contribution < 1.29 is 15.0 Å². The van der Waals surface area contributed by atoms with Crippen LogP contribution in [-0.2, 0) is 30.7 Å². The number of fused-ring (bicyclic) bond motifs is 3. The number of likely N-dealkylation sites (N-methyl/N-ethyl adjacent to an activating group) is 1. The highest BCUT2D eigenvalue weighted by atomic mass is 16.4. The van der Waals surface area contributed by atoms with Crippen molar-refractivity contribution in [3.05, 3.63) is 65.1 Å². The van der Waals surface area contributed by atoms with Crippen LogP contribution in [-0.4, -0.2) is 49.8 Å². The Balaban J connectivity index is 1.71. The molecular weight excluding hydrogens is 378 g/mol. The molecule has 0 spiro atoms. The van der Waals surface area contributed by atoms with E-state index in [-0.39, 0.29) is 13.0 Å². The molecule has 2 aromatic heterocycles. The van der Waals surface area contributed by atoms with Gasteiger partial charge in [0.05, 0.1) is 18.6 Å². The lowest BCUT2D eigenvalue weighted by Crippen LogP contribution is -2.38. The van der Waals surface area contributed by atoms with Crippen molar-refractivity contribution in [2.75, 3.05) is 13.6 Å². The molecule has 2 N–H and O–H groups in total. The molecule has 0 bridgehead atoms. The number of benzene rings is 1. The molecule has 6 nitrogen and oxygen atoms in total. The quantitative estimate of drug-likeness (QED) is 0.629. The van der Waals surface area contributed by atoms with E-state index in [2.05, 4.69) is 46.6 Å². The van der Waals surface area contributed by atoms with Gasteiger partial charge in [-0.15, -0.1) is 0 Å². The average molecular weight is 408 g/mol. The van der Waals surface area contributed by atoms with Crippen molar-refractivity contribution >= 4 is 16.9 Å². The number of aliphatic carboxylic acids is 1. The van der Waals surface area contributed by atoms with Crippen LogP contribution in [0.4, 0.5) is 0 Å². The number of pyridine rings is 1. The van der Waals surface area contributed by atoms with Crippen LogP contribution < -0.4 is 0 Å². The van der Waals surface area contributed by atoms with Gasteiger partial charge >= 0.3 is 5.97 Å². The van der Waals surface area contributed by atoms with Gasteiger partial charge in [-0.05, 0) is 56.1 Å². The Bertz CT molecular complexity index is 1060. The van der Waals surface area contributed by atoms with E-state index in [0.717, 1.165) is 30.6 Å². The fraction of sp³-hybridized carbons (Fsp3) is 0.417. The van der Waals surface area contributed by atoms with Gasteiger partial charge in [0, 0.05) is 48.5 Å². The summed E-state index contributed by atoms with van der Waals surface area (Å²) >= 11 is 0. The molecule has 0 radical (unpaired) electrons. The van der Waals surface area contributed by atoms with E-state index in [0.29, 0.717) is 12.8 Å². The van der Waals surface area contributed by atoms with Gasteiger partial charge in [-0.25, -0.2) is 0 Å². The molecule has 158 valence electrons. The smallest absolute Gasteiger partial charge is 0.306 e. The van der Waals surface area contributed by atoms with Crippen LogP contribution >= 0.6 is 0 Å². The second-order valence-corrected chi connectivity index (χ2v) is 8.68. The minimum absolute atomic E-state index is 0.276. The number of hydrogen-bond donors (Lipinski definition) is 2. The van der Waals surface area contributed by atoms with Gasteiger partial charge in [-0.1, -0.05) is 17.7 Å². The van der Waals surface area contributed by atoms with Gasteiger partial charge in [-0.2, -0.15) is 0 Å². The van der Waals surface area contributed by atoms with Gasteiger partial charge in [0.15, 0.2) is 0 Å². The highest BCUT2D eigenvalue weighted by molar-refractivity contribution is 5.86. The molecular formula is C24H29N3O3. The second kappa shape index (κ2) is 8.20. The predicted octanol–water partition coefficient (Wildman–Crippen LogP) is 3.17. The number of aliphatic hydroxyl groups is 1. The molecule has 1 aliphatic rings. The maximum absolute atomic E-state index is 11.6. The Labute approximate surface area is 176 Å². The summed E-state index contributed by atoms with van der Waals surface area (Å²) in [4.78, 5) is 18.0. The Kier molecular flexibility index (Phi) is 5.62. The first kappa shape index (κ1) is 20.6. The van der Waals surface area contributed by atoms with Crippen LogP contribution in [0.15, 0.2) is 42.7 Å². The van der Waals surface area contributed by atoms with Crippen LogP contribution in [0.25, 0.3) is 10.9 Å². The van der Waals surface area contributed by atoms with Crippen molar-refractivity contribution in [3.8, 4) is 0 Å². The van der Waals surface area contributed by atoms with Gasteiger partial charge in [0.1, 0.15) is 0 Å². The molecule has 3 heterocycles. The molecule has 0 aliphatic carbocycles. The zero-order valence-corrected chi connectivity index (χ0v) is 17.6. The van der Waals surface area contributed by atoms with Crippen molar-refractivity contribution in [3.63, 3.8) is 0 Å². The first-order chi connectivity index (χ1) is 14.3. The van der Waals surface area contributed by atoms with Crippen LogP contribution in [0.2, 0.25) is 0 Å². The Morgan fingerprint density at radius 2 is 2.13 bits per heavy atom. The second-order valence-electron chi connectivity index (χ2n) is 8.68. The lowest BCUT2D eigenvalue weighted by molar-refractivity contribution is -0.143. The molecule has 3 aromatic rings. The number of carboxylic acid groups (broad SMARTS) is 1. The van der Waals surface area contributed by atoms with Crippen molar-refractivity contribution in [2.45, 2.75) is 51.3 Å². The van der Waals surface area contributed by atoms with E-state index >= 15 is 0 Å². The molecule has 0 amide bonds. The fourth-order valence-electron chi connectivity index (χ4n) is 4.60. The van der Waals surface area contributed by atoms with Crippen LogP contribution in [0.5, 0.6) is 0 Å². The Morgan fingerprint density at radius 1 is 1.30 bits per heavy atom. The molecule has 0 saturated carbocycles. The van der Waals surface area contributed by atoms with Crippen LogP contribution in [0.3, 0.4) is 0 Å². The van der Waals surface area contributed by atoms with Gasteiger partial charge < -0.3 is 19.7 Å². The van der Waals surface area contributed by atoms with E-state index in [1.165, 1.54) is 22.2 Å². The van der Waals surface area contributed by atoms with E-state index in [9.17, 15) is 15.0 Å². The number of carbonyl (C=O) groups is 1. The summed E-state index contributed by atoms with van der Waals surface area (Å²) in [5.41, 5.74) is 4.46. The monoisotopic (exact) mass is 407 g/mol. The number of nitrogens with zero attached hydrogens (tertiary/aromatic N) is 3. The predicted molar refractivity (Wildman–Crippen MR) is 116 cm³/mol. The van der Waals surface area contributed by atoms with E-state index in [1.807, 2.05) is 12.1 Å². The summed E-state index contributed by atoms with van der Waals surface area (Å²) < 4.78 is 2.17. The third-order valence-electron chi connectivity index (χ3n) is 6.14. The lowest BCUT2D eigenvalue weighted by atomic mass is 9.91. The highest BCUT2D eigenvalue weighted by Crippen LogP contribution is 2.34. The summed E-state index contributed by atoms with van der Waals surface area (Å²) in [5.74, 6) is -0.982. The normalized spacial score (nSPS) is 16.4. The summed E-state index contributed by atoms with van der Waals surface area (Å²) in [6.07, 6.45) is 5.04. The highest BCUT2D eigenvalue weighted by Gasteiger charge is 2.33. The largest absolute Gasteiger partial charge is 0.481 e. The van der Waals surface area contributed by atoms with E-state index in [4.69, 9.17) is 0 Å². The fourth-order valence-corrected chi connectivity index (χ4v) is 4.60. The van der Waals surface area contributed by atoms with E-state index < -0.39 is 11.6 Å². The zero-order valence-electron chi connectivity index (χ0n) is 17.6. The Hall–Kier alpha value is -2.70. The van der Waals surface area contributed by atoms with Gasteiger partial charge in [0.2, 0.25) is 0 Å². The molecule has 4 rings (SSSR count). The molecule has 1 aliphatic heterocycles. The summed E-state index contributed by atoms with van der Waals surface area (Å²) in [6, 6.07) is 10.2. The van der Waals surface area contributed by atoms with Crippen molar-refractivity contribution in [2.24, 2.45) is 0 Å². The summed E-state index contributed by atoms with van der Waals surface area (Å²) in [6.45, 7) is 4.19. The first-order valence-electron chi connectivity index (χ1n) is 10.5. The molecule has 1 unspecified atom stereocenters. The minimum Gasteiger partial charge on any atom is -0.481 e. The summed E-state index contributed by atoms with van der Waals surface area (Å²) in [7, 11) is 2.12.